The van der Waals surface area contributed by atoms with Crippen molar-refractivity contribution in [2.75, 3.05) is 24.3 Å². The van der Waals surface area contributed by atoms with Crippen LogP contribution in [0, 0.1) is 5.92 Å². The van der Waals surface area contributed by atoms with Crippen LogP contribution in [0.25, 0.3) is 33.5 Å². The number of fused-ring (bicyclic) bond motifs is 2. The summed E-state index contributed by atoms with van der Waals surface area (Å²) in [5, 5.41) is 8.15. The Kier molecular flexibility index (Phi) is 6.25. The van der Waals surface area contributed by atoms with E-state index in [-0.39, 0.29) is 24.9 Å². The standard InChI is InChI=1S/C23H26N10O.CH4/c1-12(2)18(22-24-7-6-8-25-22)30-20-17(23(34)29-15-11-33(5)31-19(15)20)21-27-13-9-16(32(3)4)26-10-14(13)28-21;/h6-12,18,30H,1-5H3,(H,27,28)(H,29,34);1H4/t18-;/m0./s1. The molecule has 0 aliphatic carbocycles. The van der Waals surface area contributed by atoms with Crippen molar-refractivity contribution in [3.8, 4) is 11.4 Å². The van der Waals surface area contributed by atoms with Crippen molar-refractivity contribution in [2.24, 2.45) is 13.0 Å². The molecule has 182 valence electrons. The number of pyridine rings is 2. The van der Waals surface area contributed by atoms with E-state index in [2.05, 4.69) is 49.2 Å². The minimum atomic E-state index is -0.278. The number of H-pyrrole nitrogens is 2. The molecule has 0 unspecified atom stereocenters. The van der Waals surface area contributed by atoms with Gasteiger partial charge in [0.2, 0.25) is 0 Å². The maximum Gasteiger partial charge on any atom is 0.261 e. The lowest BCUT2D eigenvalue weighted by Gasteiger charge is -2.23. The second-order valence-corrected chi connectivity index (χ2v) is 8.78. The monoisotopic (exact) mass is 474 g/mol. The number of anilines is 2. The minimum Gasteiger partial charge on any atom is -0.372 e. The van der Waals surface area contributed by atoms with Gasteiger partial charge in [-0.1, -0.05) is 21.3 Å². The van der Waals surface area contributed by atoms with Crippen LogP contribution in [0.1, 0.15) is 33.1 Å². The summed E-state index contributed by atoms with van der Waals surface area (Å²) >= 11 is 0. The van der Waals surface area contributed by atoms with Gasteiger partial charge in [0.05, 0.1) is 34.5 Å². The Balaban J connectivity index is 0.00000289. The Bertz CT molecular complexity index is 1530. The van der Waals surface area contributed by atoms with Gasteiger partial charge >= 0.3 is 0 Å². The number of hydrogen-bond acceptors (Lipinski definition) is 8. The highest BCUT2D eigenvalue weighted by atomic mass is 16.1. The Morgan fingerprint density at radius 2 is 1.83 bits per heavy atom. The molecule has 3 N–H and O–H groups in total. The van der Waals surface area contributed by atoms with Crippen LogP contribution in [0.4, 0.5) is 11.5 Å². The molecule has 0 saturated carbocycles. The Morgan fingerprint density at radius 1 is 1.09 bits per heavy atom. The summed E-state index contributed by atoms with van der Waals surface area (Å²) in [7, 11) is 5.65. The summed E-state index contributed by atoms with van der Waals surface area (Å²) in [5.74, 6) is 1.98. The van der Waals surface area contributed by atoms with E-state index in [1.54, 1.807) is 35.5 Å². The lowest BCUT2D eigenvalue weighted by atomic mass is 10.0. The molecule has 0 radical (unpaired) electrons. The number of aromatic nitrogens is 8. The zero-order valence-corrected chi connectivity index (χ0v) is 19.7. The maximum atomic E-state index is 13.4. The fraction of sp³-hybridized carbons (Fsp3) is 0.333. The minimum absolute atomic E-state index is 0. The first-order chi connectivity index (χ1) is 16.3. The zero-order chi connectivity index (χ0) is 24.0. The normalized spacial score (nSPS) is 12.2. The van der Waals surface area contributed by atoms with Gasteiger partial charge in [-0.2, -0.15) is 5.10 Å². The van der Waals surface area contributed by atoms with Gasteiger partial charge in [0, 0.05) is 45.8 Å². The second-order valence-electron chi connectivity index (χ2n) is 8.78. The first kappa shape index (κ1) is 23.9. The summed E-state index contributed by atoms with van der Waals surface area (Å²) < 4.78 is 1.67. The lowest BCUT2D eigenvalue weighted by Crippen LogP contribution is -2.22. The van der Waals surface area contributed by atoms with Gasteiger partial charge < -0.3 is 20.2 Å². The van der Waals surface area contributed by atoms with Crippen LogP contribution in [0.5, 0.6) is 0 Å². The third kappa shape index (κ3) is 4.32. The van der Waals surface area contributed by atoms with Crippen molar-refractivity contribution in [3.63, 3.8) is 0 Å². The molecule has 0 fully saturated rings. The van der Waals surface area contributed by atoms with Crippen LogP contribution in [0.3, 0.4) is 0 Å². The summed E-state index contributed by atoms with van der Waals surface area (Å²) in [4.78, 5) is 39.5. The van der Waals surface area contributed by atoms with Crippen molar-refractivity contribution < 1.29 is 0 Å². The van der Waals surface area contributed by atoms with E-state index in [0.717, 1.165) is 11.3 Å². The molecule has 5 aromatic heterocycles. The van der Waals surface area contributed by atoms with Gasteiger partial charge in [-0.3, -0.25) is 9.48 Å². The Hall–Kier alpha value is -4.28. The topological polar surface area (TPSA) is 133 Å². The van der Waals surface area contributed by atoms with Gasteiger partial charge in [-0.15, -0.1) is 0 Å². The van der Waals surface area contributed by atoms with Gasteiger partial charge in [-0.25, -0.2) is 19.9 Å². The van der Waals surface area contributed by atoms with Crippen LogP contribution < -0.4 is 15.8 Å². The number of aromatic amines is 2. The first-order valence-electron chi connectivity index (χ1n) is 11.0. The molecule has 0 saturated heterocycles. The van der Waals surface area contributed by atoms with Gasteiger partial charge in [0.1, 0.15) is 22.7 Å². The van der Waals surface area contributed by atoms with Crippen molar-refractivity contribution in [3.05, 3.63) is 53.1 Å². The smallest absolute Gasteiger partial charge is 0.261 e. The molecule has 0 aromatic carbocycles. The Labute approximate surface area is 202 Å². The quantitative estimate of drug-likeness (QED) is 0.340. The van der Waals surface area contributed by atoms with E-state index in [1.165, 1.54) is 0 Å². The van der Waals surface area contributed by atoms with Crippen molar-refractivity contribution in [1.82, 2.24) is 39.7 Å². The fourth-order valence-electron chi connectivity index (χ4n) is 3.97. The second kappa shape index (κ2) is 9.16. The number of hydrogen-bond donors (Lipinski definition) is 3. The summed E-state index contributed by atoms with van der Waals surface area (Å²) in [6.07, 6.45) is 6.92. The molecule has 5 heterocycles. The summed E-state index contributed by atoms with van der Waals surface area (Å²) in [6, 6.07) is 3.41. The fourth-order valence-corrected chi connectivity index (χ4v) is 3.97. The molecule has 0 aliphatic rings. The molecule has 5 rings (SSSR count). The van der Waals surface area contributed by atoms with E-state index >= 15 is 0 Å². The molecule has 35 heavy (non-hydrogen) atoms. The number of rotatable bonds is 6. The average molecular weight is 475 g/mol. The molecule has 5 aromatic rings. The Morgan fingerprint density at radius 3 is 2.51 bits per heavy atom. The van der Waals surface area contributed by atoms with Gasteiger partial charge in [-0.05, 0) is 12.0 Å². The predicted octanol–water partition coefficient (Wildman–Crippen LogP) is 3.50. The highest BCUT2D eigenvalue weighted by Crippen LogP contribution is 2.34. The lowest BCUT2D eigenvalue weighted by molar-refractivity contribution is 0.521. The van der Waals surface area contributed by atoms with Crippen molar-refractivity contribution >= 4 is 33.6 Å². The SMILES string of the molecule is C.CC(C)[C@H](Nc1c(-c2nc3cc(N(C)C)ncc3[nH]2)c(=O)[nH]c2cn(C)nc12)c1ncccn1. The third-order valence-corrected chi connectivity index (χ3v) is 5.67. The van der Waals surface area contributed by atoms with Gasteiger partial charge in [0.15, 0.2) is 5.82 Å². The first-order valence-corrected chi connectivity index (χ1v) is 11.0. The molecular formula is C24H30N10O. The van der Waals surface area contributed by atoms with E-state index in [1.807, 2.05) is 32.1 Å². The van der Waals surface area contributed by atoms with Gasteiger partial charge in [0.25, 0.3) is 5.56 Å². The number of aryl methyl sites for hydroxylation is 1. The molecule has 11 heteroatoms. The third-order valence-electron chi connectivity index (χ3n) is 5.67. The average Bonchev–Trinajstić information content (AvgIpc) is 3.39. The molecule has 0 amide bonds. The van der Waals surface area contributed by atoms with Crippen molar-refractivity contribution in [1.29, 1.82) is 0 Å². The molecule has 1 atom stereocenters. The zero-order valence-electron chi connectivity index (χ0n) is 19.7. The highest BCUT2D eigenvalue weighted by molar-refractivity contribution is 5.96. The predicted molar refractivity (Wildman–Crippen MR) is 139 cm³/mol. The number of imidazole rings is 1. The molecule has 11 nitrogen and oxygen atoms in total. The van der Waals surface area contributed by atoms with E-state index in [0.29, 0.717) is 39.4 Å². The van der Waals surface area contributed by atoms with Crippen molar-refractivity contribution in [2.45, 2.75) is 27.3 Å². The van der Waals surface area contributed by atoms with E-state index in [4.69, 9.17) is 4.98 Å². The van der Waals surface area contributed by atoms with Crippen LogP contribution in [-0.2, 0) is 7.05 Å². The summed E-state index contributed by atoms with van der Waals surface area (Å²) in [6.45, 7) is 4.15. The highest BCUT2D eigenvalue weighted by Gasteiger charge is 2.25. The summed E-state index contributed by atoms with van der Waals surface area (Å²) in [5.41, 5.74) is 3.38. The molecule has 0 aliphatic heterocycles. The van der Waals surface area contributed by atoms with Crippen LogP contribution in [-0.4, -0.2) is 53.8 Å². The maximum absolute atomic E-state index is 13.4. The van der Waals surface area contributed by atoms with E-state index in [9.17, 15) is 4.79 Å². The molecule has 0 bridgehead atoms. The largest absolute Gasteiger partial charge is 0.372 e. The number of nitrogens with one attached hydrogen (secondary N) is 3. The number of nitrogens with zero attached hydrogens (tertiary/aromatic N) is 7. The molecular weight excluding hydrogens is 444 g/mol. The van der Waals surface area contributed by atoms with Crippen LogP contribution >= 0.6 is 0 Å². The van der Waals surface area contributed by atoms with E-state index < -0.39 is 0 Å². The molecule has 0 spiro atoms. The van der Waals surface area contributed by atoms with Crippen LogP contribution in [0.15, 0.2) is 41.7 Å². The van der Waals surface area contributed by atoms with Crippen LogP contribution in [0.2, 0.25) is 0 Å².